The van der Waals surface area contributed by atoms with Crippen LogP contribution in [0.5, 0.6) is 0 Å². The number of nitrogens with zero attached hydrogens (tertiary/aromatic N) is 2. The summed E-state index contributed by atoms with van der Waals surface area (Å²) in [7, 11) is 0. The molecule has 5 nitrogen and oxygen atoms in total. The van der Waals surface area contributed by atoms with Gasteiger partial charge < -0.3 is 10.6 Å². The molecule has 0 bridgehead atoms. The van der Waals surface area contributed by atoms with Crippen LogP contribution in [0.4, 0.5) is 5.69 Å². The van der Waals surface area contributed by atoms with Crippen LogP contribution in [0.25, 0.3) is 0 Å². The highest BCUT2D eigenvalue weighted by molar-refractivity contribution is 5.97. The first kappa shape index (κ1) is 16.4. The zero-order valence-corrected chi connectivity index (χ0v) is 13.2. The van der Waals surface area contributed by atoms with Gasteiger partial charge in [0.05, 0.1) is 11.9 Å². The van der Waals surface area contributed by atoms with E-state index in [0.717, 1.165) is 13.0 Å². The number of amides is 1. The summed E-state index contributed by atoms with van der Waals surface area (Å²) in [6, 6.07) is 0. The van der Waals surface area contributed by atoms with Crippen molar-refractivity contribution in [3.8, 4) is 0 Å². The topological polar surface area (TPSA) is 66.9 Å². The molecule has 0 aliphatic carbocycles. The lowest BCUT2D eigenvalue weighted by molar-refractivity contribution is 0.0943. The molecule has 0 saturated carbocycles. The van der Waals surface area contributed by atoms with Crippen LogP contribution < -0.4 is 10.6 Å². The van der Waals surface area contributed by atoms with Gasteiger partial charge in [-0.05, 0) is 12.8 Å². The number of aromatic nitrogens is 2. The van der Waals surface area contributed by atoms with Crippen molar-refractivity contribution in [2.45, 2.75) is 47.0 Å². The van der Waals surface area contributed by atoms with E-state index in [2.05, 4.69) is 34.4 Å². The highest BCUT2D eigenvalue weighted by Gasteiger charge is 2.16. The molecule has 0 aliphatic heterocycles. The zero-order chi connectivity index (χ0) is 15.1. The largest absolute Gasteiger partial charge is 0.382 e. The molecular formula is C15H26N4O. The first-order valence-corrected chi connectivity index (χ1v) is 7.38. The van der Waals surface area contributed by atoms with Crippen LogP contribution in [0.3, 0.4) is 0 Å². The van der Waals surface area contributed by atoms with Gasteiger partial charge in [-0.1, -0.05) is 34.1 Å². The Kier molecular flexibility index (Phi) is 6.42. The SMILES string of the molecule is CCNc1cnc(C(C)C)nc1C(=O)NCC(C)CC. The molecule has 1 rings (SSSR count). The minimum Gasteiger partial charge on any atom is -0.382 e. The van der Waals surface area contributed by atoms with Crippen molar-refractivity contribution in [3.05, 3.63) is 17.7 Å². The summed E-state index contributed by atoms with van der Waals surface area (Å²) in [4.78, 5) is 21.0. The summed E-state index contributed by atoms with van der Waals surface area (Å²) in [6.45, 7) is 11.6. The lowest BCUT2D eigenvalue weighted by Crippen LogP contribution is -2.30. The molecule has 1 aromatic rings. The number of carbonyl (C=O) groups is 1. The van der Waals surface area contributed by atoms with Gasteiger partial charge >= 0.3 is 0 Å². The van der Waals surface area contributed by atoms with Crippen molar-refractivity contribution in [2.75, 3.05) is 18.4 Å². The molecule has 1 aromatic heterocycles. The minimum atomic E-state index is -0.134. The normalized spacial score (nSPS) is 12.3. The Hall–Kier alpha value is -1.65. The summed E-state index contributed by atoms with van der Waals surface area (Å²) in [6.07, 6.45) is 2.74. The van der Waals surface area contributed by atoms with Gasteiger partial charge in [0.2, 0.25) is 0 Å². The molecule has 112 valence electrons. The third kappa shape index (κ3) is 4.47. The predicted molar refractivity (Wildman–Crippen MR) is 82.1 cm³/mol. The highest BCUT2D eigenvalue weighted by atomic mass is 16.1. The predicted octanol–water partition coefficient (Wildman–Crippen LogP) is 2.81. The van der Waals surface area contributed by atoms with Crippen LogP contribution >= 0.6 is 0 Å². The standard InChI is InChI=1S/C15H26N4O/c1-6-11(5)8-18-15(20)13-12(16-7-2)9-17-14(19-13)10(3)4/h9-11,16H,6-8H2,1-5H3,(H,18,20). The van der Waals surface area contributed by atoms with E-state index in [4.69, 9.17) is 0 Å². The summed E-state index contributed by atoms with van der Waals surface area (Å²) in [5.41, 5.74) is 1.13. The van der Waals surface area contributed by atoms with Crippen LogP contribution in [0.2, 0.25) is 0 Å². The number of anilines is 1. The molecule has 20 heavy (non-hydrogen) atoms. The molecule has 0 aromatic carbocycles. The van der Waals surface area contributed by atoms with Crippen molar-refractivity contribution in [1.29, 1.82) is 0 Å². The number of hydrogen-bond donors (Lipinski definition) is 2. The molecule has 1 atom stereocenters. The van der Waals surface area contributed by atoms with Crippen LogP contribution in [0.15, 0.2) is 6.20 Å². The highest BCUT2D eigenvalue weighted by Crippen LogP contribution is 2.16. The van der Waals surface area contributed by atoms with E-state index in [1.54, 1.807) is 6.20 Å². The van der Waals surface area contributed by atoms with Crippen LogP contribution in [0.1, 0.15) is 63.3 Å². The van der Waals surface area contributed by atoms with Gasteiger partial charge in [-0.15, -0.1) is 0 Å². The molecule has 0 radical (unpaired) electrons. The van der Waals surface area contributed by atoms with E-state index in [0.29, 0.717) is 29.7 Å². The van der Waals surface area contributed by atoms with E-state index in [1.165, 1.54) is 0 Å². The number of carbonyl (C=O) groups excluding carboxylic acids is 1. The first-order valence-electron chi connectivity index (χ1n) is 7.38. The maximum Gasteiger partial charge on any atom is 0.272 e. The Bertz CT molecular complexity index is 445. The van der Waals surface area contributed by atoms with Gasteiger partial charge in [0.15, 0.2) is 5.69 Å². The fourth-order valence-corrected chi connectivity index (χ4v) is 1.66. The summed E-state index contributed by atoms with van der Waals surface area (Å²) in [5.74, 6) is 1.23. The molecule has 5 heteroatoms. The molecule has 1 amide bonds. The van der Waals surface area contributed by atoms with Crippen LogP contribution in [0, 0.1) is 5.92 Å². The van der Waals surface area contributed by atoms with Gasteiger partial charge in [-0.2, -0.15) is 0 Å². The fraction of sp³-hybridized carbons (Fsp3) is 0.667. The maximum absolute atomic E-state index is 12.3. The number of rotatable bonds is 7. The number of hydrogen-bond acceptors (Lipinski definition) is 4. The van der Waals surface area contributed by atoms with Crippen LogP contribution in [-0.2, 0) is 0 Å². The summed E-state index contributed by atoms with van der Waals surface area (Å²) < 4.78 is 0. The van der Waals surface area contributed by atoms with E-state index >= 15 is 0 Å². The van der Waals surface area contributed by atoms with Gasteiger partial charge in [-0.3, -0.25) is 4.79 Å². The molecule has 0 saturated heterocycles. The smallest absolute Gasteiger partial charge is 0.272 e. The van der Waals surface area contributed by atoms with E-state index in [1.807, 2.05) is 20.8 Å². The lowest BCUT2D eigenvalue weighted by Gasteiger charge is -2.14. The monoisotopic (exact) mass is 278 g/mol. The molecule has 0 aliphatic rings. The lowest BCUT2D eigenvalue weighted by atomic mass is 10.1. The van der Waals surface area contributed by atoms with Crippen molar-refractivity contribution >= 4 is 11.6 Å². The summed E-state index contributed by atoms with van der Waals surface area (Å²) >= 11 is 0. The minimum absolute atomic E-state index is 0.134. The second kappa shape index (κ2) is 7.82. The van der Waals surface area contributed by atoms with E-state index < -0.39 is 0 Å². The van der Waals surface area contributed by atoms with E-state index in [9.17, 15) is 4.79 Å². The van der Waals surface area contributed by atoms with Gasteiger partial charge in [0, 0.05) is 19.0 Å². The molecule has 1 unspecified atom stereocenters. The van der Waals surface area contributed by atoms with Crippen molar-refractivity contribution in [3.63, 3.8) is 0 Å². The van der Waals surface area contributed by atoms with Crippen molar-refractivity contribution in [2.24, 2.45) is 5.92 Å². The quantitative estimate of drug-likeness (QED) is 0.805. The van der Waals surface area contributed by atoms with Gasteiger partial charge in [0.1, 0.15) is 5.82 Å². The Morgan fingerprint density at radius 3 is 2.55 bits per heavy atom. The fourth-order valence-electron chi connectivity index (χ4n) is 1.66. The van der Waals surface area contributed by atoms with E-state index in [-0.39, 0.29) is 11.8 Å². The maximum atomic E-state index is 12.3. The summed E-state index contributed by atoms with van der Waals surface area (Å²) in [5, 5.41) is 6.08. The molecule has 0 fully saturated rings. The molecular weight excluding hydrogens is 252 g/mol. The average molecular weight is 278 g/mol. The Balaban J connectivity index is 2.93. The van der Waals surface area contributed by atoms with Crippen molar-refractivity contribution in [1.82, 2.24) is 15.3 Å². The van der Waals surface area contributed by atoms with Crippen molar-refractivity contribution < 1.29 is 4.79 Å². The third-order valence-corrected chi connectivity index (χ3v) is 3.21. The second-order valence-electron chi connectivity index (χ2n) is 5.40. The first-order chi connectivity index (χ1) is 9.49. The molecule has 1 heterocycles. The zero-order valence-electron chi connectivity index (χ0n) is 13.2. The van der Waals surface area contributed by atoms with Gasteiger partial charge in [-0.25, -0.2) is 9.97 Å². The molecule has 0 spiro atoms. The average Bonchev–Trinajstić information content (AvgIpc) is 2.44. The molecule has 2 N–H and O–H groups in total. The number of nitrogens with one attached hydrogen (secondary N) is 2. The Morgan fingerprint density at radius 2 is 2.00 bits per heavy atom. The Labute approximate surface area is 121 Å². The third-order valence-electron chi connectivity index (χ3n) is 3.21. The van der Waals surface area contributed by atoms with Gasteiger partial charge in [0.25, 0.3) is 5.91 Å². The van der Waals surface area contributed by atoms with Crippen LogP contribution in [-0.4, -0.2) is 29.0 Å². The second-order valence-corrected chi connectivity index (χ2v) is 5.40. The Morgan fingerprint density at radius 1 is 1.30 bits per heavy atom.